The van der Waals surface area contributed by atoms with E-state index in [9.17, 15) is 13.5 Å². The quantitative estimate of drug-likeness (QED) is 0.574. The van der Waals surface area contributed by atoms with E-state index in [0.29, 0.717) is 0 Å². The van der Waals surface area contributed by atoms with Gasteiger partial charge in [0.1, 0.15) is 10.6 Å². The lowest BCUT2D eigenvalue weighted by Crippen LogP contribution is -2.36. The van der Waals surface area contributed by atoms with Crippen molar-refractivity contribution in [3.8, 4) is 5.75 Å². The molecule has 0 radical (unpaired) electrons. The summed E-state index contributed by atoms with van der Waals surface area (Å²) < 4.78 is 27.0. The van der Waals surface area contributed by atoms with Crippen molar-refractivity contribution in [3.05, 3.63) is 18.2 Å². The summed E-state index contributed by atoms with van der Waals surface area (Å²) in [5.41, 5.74) is 5.51. The van der Waals surface area contributed by atoms with E-state index in [1.165, 1.54) is 18.2 Å². The fourth-order valence-corrected chi connectivity index (χ4v) is 3.72. The average Bonchev–Trinajstić information content (AvgIpc) is 2.33. The van der Waals surface area contributed by atoms with Gasteiger partial charge in [-0.2, -0.15) is 0 Å². The highest BCUT2D eigenvalue weighted by molar-refractivity contribution is 7.89. The molecule has 0 aliphatic heterocycles. The number of phenols is 1. The zero-order valence-corrected chi connectivity index (χ0v) is 10.9. The number of rotatable bonds is 3. The Bertz CT molecular complexity index is 522. The van der Waals surface area contributed by atoms with E-state index in [0.717, 1.165) is 32.1 Å². The second-order valence-electron chi connectivity index (χ2n) is 4.65. The number of anilines is 1. The van der Waals surface area contributed by atoms with Crippen LogP contribution in [-0.2, 0) is 10.0 Å². The van der Waals surface area contributed by atoms with Gasteiger partial charge in [-0.05, 0) is 25.0 Å². The predicted molar refractivity (Wildman–Crippen MR) is 69.7 cm³/mol. The molecule has 0 amide bonds. The van der Waals surface area contributed by atoms with Crippen LogP contribution in [0.15, 0.2) is 23.1 Å². The summed E-state index contributed by atoms with van der Waals surface area (Å²) in [7, 11) is -3.65. The van der Waals surface area contributed by atoms with Crippen molar-refractivity contribution >= 4 is 15.7 Å². The van der Waals surface area contributed by atoms with Crippen LogP contribution in [0.4, 0.5) is 5.69 Å². The minimum atomic E-state index is -3.65. The van der Waals surface area contributed by atoms with Crippen molar-refractivity contribution in [1.29, 1.82) is 0 Å². The van der Waals surface area contributed by atoms with Gasteiger partial charge in [0.25, 0.3) is 0 Å². The molecule has 0 atom stereocenters. The average molecular weight is 270 g/mol. The van der Waals surface area contributed by atoms with Crippen LogP contribution < -0.4 is 10.5 Å². The summed E-state index contributed by atoms with van der Waals surface area (Å²) in [4.78, 5) is -0.0481. The third-order valence-corrected chi connectivity index (χ3v) is 4.84. The number of hydrogen-bond acceptors (Lipinski definition) is 4. The molecular weight excluding hydrogens is 252 g/mol. The molecule has 0 bridgehead atoms. The fraction of sp³-hybridized carbons (Fsp3) is 0.500. The molecule has 5 nitrogen and oxygen atoms in total. The van der Waals surface area contributed by atoms with Crippen LogP contribution in [0.1, 0.15) is 32.1 Å². The van der Waals surface area contributed by atoms with E-state index >= 15 is 0 Å². The van der Waals surface area contributed by atoms with Crippen molar-refractivity contribution in [2.24, 2.45) is 0 Å². The van der Waals surface area contributed by atoms with Gasteiger partial charge in [0.2, 0.25) is 10.0 Å². The highest BCUT2D eigenvalue weighted by atomic mass is 32.2. The number of sulfonamides is 1. The molecular formula is C12H18N2O3S. The van der Waals surface area contributed by atoms with Gasteiger partial charge >= 0.3 is 0 Å². The van der Waals surface area contributed by atoms with Gasteiger partial charge < -0.3 is 10.8 Å². The molecule has 0 spiro atoms. The topological polar surface area (TPSA) is 92.4 Å². The Balaban J connectivity index is 2.22. The van der Waals surface area contributed by atoms with E-state index in [1.807, 2.05) is 0 Å². The third-order valence-electron chi connectivity index (χ3n) is 3.26. The second kappa shape index (κ2) is 5.16. The fourth-order valence-electron chi connectivity index (χ4n) is 2.27. The van der Waals surface area contributed by atoms with Gasteiger partial charge in [-0.3, -0.25) is 0 Å². The molecule has 6 heteroatoms. The normalized spacial score (nSPS) is 17.8. The lowest BCUT2D eigenvalue weighted by atomic mass is 9.96. The number of nitrogen functional groups attached to an aromatic ring is 1. The zero-order valence-electron chi connectivity index (χ0n) is 10.1. The molecule has 1 saturated carbocycles. The van der Waals surface area contributed by atoms with Gasteiger partial charge in [0.15, 0.2) is 0 Å². The largest absolute Gasteiger partial charge is 0.506 e. The van der Waals surface area contributed by atoms with E-state index in [1.54, 1.807) is 0 Å². The van der Waals surface area contributed by atoms with E-state index in [4.69, 9.17) is 5.73 Å². The molecule has 0 unspecified atom stereocenters. The first-order valence-electron chi connectivity index (χ1n) is 6.10. The summed E-state index contributed by atoms with van der Waals surface area (Å²) in [5.74, 6) is -0.207. The molecule has 18 heavy (non-hydrogen) atoms. The first kappa shape index (κ1) is 13.2. The second-order valence-corrected chi connectivity index (χ2v) is 6.33. The lowest BCUT2D eigenvalue weighted by Gasteiger charge is -2.23. The van der Waals surface area contributed by atoms with Crippen molar-refractivity contribution < 1.29 is 13.5 Å². The summed E-state index contributed by atoms with van der Waals surface area (Å²) in [6.45, 7) is 0. The van der Waals surface area contributed by atoms with E-state index in [-0.39, 0.29) is 22.4 Å². The number of benzene rings is 1. The molecule has 1 aliphatic rings. The number of para-hydroxylation sites is 1. The van der Waals surface area contributed by atoms with Gasteiger partial charge in [0.05, 0.1) is 5.69 Å². The Morgan fingerprint density at radius 3 is 2.56 bits per heavy atom. The lowest BCUT2D eigenvalue weighted by molar-refractivity contribution is 0.412. The van der Waals surface area contributed by atoms with Crippen molar-refractivity contribution in [3.63, 3.8) is 0 Å². The predicted octanol–water partition coefficient (Wildman–Crippen LogP) is 1.59. The number of nitrogens with one attached hydrogen (secondary N) is 1. The van der Waals surface area contributed by atoms with Gasteiger partial charge in [0, 0.05) is 6.04 Å². The summed E-state index contributed by atoms with van der Waals surface area (Å²) in [6.07, 6.45) is 4.97. The summed E-state index contributed by atoms with van der Waals surface area (Å²) >= 11 is 0. The number of phenolic OH excluding ortho intramolecular Hbond substituents is 1. The molecule has 1 aromatic rings. The first-order chi connectivity index (χ1) is 8.50. The number of hydrogen-bond donors (Lipinski definition) is 3. The van der Waals surface area contributed by atoms with Gasteiger partial charge in [-0.25, -0.2) is 13.1 Å². The van der Waals surface area contributed by atoms with Crippen molar-refractivity contribution in [2.75, 3.05) is 5.73 Å². The SMILES string of the molecule is Nc1c(O)cccc1S(=O)(=O)NC1CCCCC1. The molecule has 1 aliphatic carbocycles. The molecule has 0 aromatic heterocycles. The van der Waals surface area contributed by atoms with Crippen LogP contribution in [0.5, 0.6) is 5.75 Å². The van der Waals surface area contributed by atoms with Crippen LogP contribution in [0.3, 0.4) is 0 Å². The Morgan fingerprint density at radius 2 is 1.89 bits per heavy atom. The third kappa shape index (κ3) is 2.76. The monoisotopic (exact) mass is 270 g/mol. The minimum absolute atomic E-state index is 0.0227. The standard InChI is InChI=1S/C12H18N2O3S/c13-12-10(15)7-4-8-11(12)18(16,17)14-9-5-2-1-3-6-9/h4,7-9,14-15H,1-3,5-6,13H2. The maximum atomic E-state index is 12.2. The van der Waals surface area contributed by atoms with Crippen LogP contribution in [-0.4, -0.2) is 19.6 Å². The Morgan fingerprint density at radius 1 is 1.22 bits per heavy atom. The highest BCUT2D eigenvalue weighted by Crippen LogP contribution is 2.28. The smallest absolute Gasteiger partial charge is 0.243 e. The van der Waals surface area contributed by atoms with Crippen LogP contribution in [0.2, 0.25) is 0 Å². The van der Waals surface area contributed by atoms with Gasteiger partial charge in [-0.15, -0.1) is 0 Å². The zero-order chi connectivity index (χ0) is 13.2. The van der Waals surface area contributed by atoms with E-state index in [2.05, 4.69) is 4.72 Å². The van der Waals surface area contributed by atoms with Crippen LogP contribution >= 0.6 is 0 Å². The minimum Gasteiger partial charge on any atom is -0.506 e. The molecule has 4 N–H and O–H groups in total. The summed E-state index contributed by atoms with van der Waals surface area (Å²) in [5, 5.41) is 9.45. The molecule has 0 heterocycles. The number of aromatic hydroxyl groups is 1. The molecule has 0 saturated heterocycles. The van der Waals surface area contributed by atoms with Crippen molar-refractivity contribution in [2.45, 2.75) is 43.0 Å². The van der Waals surface area contributed by atoms with Gasteiger partial charge in [-0.1, -0.05) is 25.3 Å². The number of nitrogens with two attached hydrogens (primary N) is 1. The molecule has 100 valence electrons. The molecule has 1 fully saturated rings. The Labute approximate surface area is 107 Å². The van der Waals surface area contributed by atoms with Crippen LogP contribution in [0, 0.1) is 0 Å². The van der Waals surface area contributed by atoms with Crippen molar-refractivity contribution in [1.82, 2.24) is 4.72 Å². The summed E-state index contributed by atoms with van der Waals surface area (Å²) in [6, 6.07) is 4.22. The van der Waals surface area contributed by atoms with E-state index < -0.39 is 10.0 Å². The maximum absolute atomic E-state index is 12.2. The van der Waals surface area contributed by atoms with Crippen LogP contribution in [0.25, 0.3) is 0 Å². The highest BCUT2D eigenvalue weighted by Gasteiger charge is 2.24. The molecule has 1 aromatic carbocycles. The molecule has 2 rings (SSSR count). The Hall–Kier alpha value is -1.27. The Kier molecular flexibility index (Phi) is 3.77. The first-order valence-corrected chi connectivity index (χ1v) is 7.59. The maximum Gasteiger partial charge on any atom is 0.243 e.